The molecule has 104 valence electrons. The van der Waals surface area contributed by atoms with Gasteiger partial charge in [0.25, 0.3) is 0 Å². The number of carbonyl (C=O) groups is 1. The minimum absolute atomic E-state index is 0.114. The van der Waals surface area contributed by atoms with Crippen LogP contribution in [0.5, 0.6) is 5.88 Å². The van der Waals surface area contributed by atoms with Gasteiger partial charge in [-0.05, 0) is 23.8 Å². The summed E-state index contributed by atoms with van der Waals surface area (Å²) in [5.74, 6) is -0.244. The molecule has 2 aromatic rings. The molecule has 0 fully saturated rings. The number of urea groups is 1. The molecule has 0 saturated carbocycles. The average Bonchev–Trinajstić information content (AvgIpc) is 2.48. The third-order valence-electron chi connectivity index (χ3n) is 2.45. The monoisotopic (exact) mass is 276 g/mol. The standard InChI is InChI=1S/C13H13FN4O2/c1-20-11-7-9(4-6-15-11)8-17-13(19)18-12-10(14)3-2-5-16-12/h2-7H,8H2,1H3,(H2,16,17,18,19). The lowest BCUT2D eigenvalue weighted by Gasteiger charge is -2.08. The molecule has 2 N–H and O–H groups in total. The number of hydrogen-bond donors (Lipinski definition) is 2. The predicted molar refractivity (Wildman–Crippen MR) is 70.8 cm³/mol. The van der Waals surface area contributed by atoms with E-state index >= 15 is 0 Å². The fraction of sp³-hybridized carbons (Fsp3) is 0.154. The van der Waals surface area contributed by atoms with E-state index in [-0.39, 0.29) is 12.4 Å². The fourth-order valence-corrected chi connectivity index (χ4v) is 1.48. The number of amides is 2. The molecule has 2 rings (SSSR count). The van der Waals surface area contributed by atoms with Crippen LogP contribution in [0.15, 0.2) is 36.7 Å². The van der Waals surface area contributed by atoms with Gasteiger partial charge in [0.15, 0.2) is 11.6 Å². The van der Waals surface area contributed by atoms with Crippen LogP contribution in [0.2, 0.25) is 0 Å². The molecule has 0 saturated heterocycles. The molecule has 0 aliphatic carbocycles. The molecule has 0 aromatic carbocycles. The van der Waals surface area contributed by atoms with Crippen LogP contribution in [0.25, 0.3) is 0 Å². The first-order valence-corrected chi connectivity index (χ1v) is 5.83. The smallest absolute Gasteiger partial charge is 0.320 e. The van der Waals surface area contributed by atoms with E-state index in [4.69, 9.17) is 4.74 Å². The Morgan fingerprint density at radius 3 is 2.95 bits per heavy atom. The number of methoxy groups -OCH3 is 1. The van der Waals surface area contributed by atoms with Gasteiger partial charge < -0.3 is 10.1 Å². The molecule has 2 heterocycles. The Kier molecular flexibility index (Phi) is 4.43. The number of rotatable bonds is 4. The van der Waals surface area contributed by atoms with Gasteiger partial charge in [0, 0.05) is 25.0 Å². The van der Waals surface area contributed by atoms with Gasteiger partial charge in [-0.25, -0.2) is 19.2 Å². The van der Waals surface area contributed by atoms with E-state index in [1.807, 2.05) is 0 Å². The molecule has 7 heteroatoms. The zero-order valence-corrected chi connectivity index (χ0v) is 10.8. The molecule has 0 aliphatic rings. The highest BCUT2D eigenvalue weighted by atomic mass is 19.1. The second-order valence-corrected chi connectivity index (χ2v) is 3.85. The van der Waals surface area contributed by atoms with Crippen molar-refractivity contribution in [2.45, 2.75) is 6.54 Å². The highest BCUT2D eigenvalue weighted by molar-refractivity contribution is 5.88. The summed E-state index contributed by atoms with van der Waals surface area (Å²) >= 11 is 0. The number of anilines is 1. The van der Waals surface area contributed by atoms with Gasteiger partial charge in [0.05, 0.1) is 7.11 Å². The van der Waals surface area contributed by atoms with Crippen LogP contribution in [0, 0.1) is 5.82 Å². The van der Waals surface area contributed by atoms with E-state index in [9.17, 15) is 9.18 Å². The maximum atomic E-state index is 13.3. The lowest BCUT2D eigenvalue weighted by atomic mass is 10.2. The van der Waals surface area contributed by atoms with Gasteiger partial charge in [0.1, 0.15) is 0 Å². The van der Waals surface area contributed by atoms with E-state index < -0.39 is 11.8 Å². The third-order valence-corrected chi connectivity index (χ3v) is 2.45. The minimum atomic E-state index is -0.590. The zero-order chi connectivity index (χ0) is 14.4. The molecule has 0 radical (unpaired) electrons. The molecule has 0 bridgehead atoms. The summed E-state index contributed by atoms with van der Waals surface area (Å²) in [4.78, 5) is 19.3. The third kappa shape index (κ3) is 3.64. The molecular formula is C13H13FN4O2. The largest absolute Gasteiger partial charge is 0.481 e. The number of hydrogen-bond acceptors (Lipinski definition) is 4. The Bertz CT molecular complexity index is 606. The van der Waals surface area contributed by atoms with Gasteiger partial charge >= 0.3 is 6.03 Å². The molecule has 2 amide bonds. The van der Waals surface area contributed by atoms with E-state index in [1.165, 1.54) is 25.4 Å². The number of nitrogens with zero attached hydrogens (tertiary/aromatic N) is 2. The van der Waals surface area contributed by atoms with Crippen LogP contribution < -0.4 is 15.4 Å². The van der Waals surface area contributed by atoms with Crippen molar-refractivity contribution in [1.82, 2.24) is 15.3 Å². The number of halogens is 1. The molecule has 0 unspecified atom stereocenters. The summed E-state index contributed by atoms with van der Waals surface area (Å²) in [7, 11) is 1.51. The number of nitrogens with one attached hydrogen (secondary N) is 2. The zero-order valence-electron chi connectivity index (χ0n) is 10.8. The lowest BCUT2D eigenvalue weighted by Crippen LogP contribution is -2.29. The van der Waals surface area contributed by atoms with Gasteiger partial charge in [-0.15, -0.1) is 0 Å². The first-order valence-electron chi connectivity index (χ1n) is 5.83. The molecule has 0 atom stereocenters. The first-order chi connectivity index (χ1) is 9.69. The van der Waals surface area contributed by atoms with Crippen molar-refractivity contribution in [3.05, 3.63) is 48.0 Å². The van der Waals surface area contributed by atoms with Gasteiger partial charge in [-0.2, -0.15) is 0 Å². The van der Waals surface area contributed by atoms with Crippen molar-refractivity contribution in [3.63, 3.8) is 0 Å². The van der Waals surface area contributed by atoms with Crippen LogP contribution in [-0.2, 0) is 6.54 Å². The SMILES string of the molecule is COc1cc(CNC(=O)Nc2ncccc2F)ccn1. The first kappa shape index (κ1) is 13.7. The van der Waals surface area contributed by atoms with E-state index in [0.717, 1.165) is 5.56 Å². The van der Waals surface area contributed by atoms with Gasteiger partial charge in [-0.3, -0.25) is 5.32 Å². The molecule has 0 spiro atoms. The highest BCUT2D eigenvalue weighted by Crippen LogP contribution is 2.09. The Morgan fingerprint density at radius 2 is 2.20 bits per heavy atom. The average molecular weight is 276 g/mol. The van der Waals surface area contributed by atoms with Crippen LogP contribution in [-0.4, -0.2) is 23.1 Å². The highest BCUT2D eigenvalue weighted by Gasteiger charge is 2.07. The van der Waals surface area contributed by atoms with Crippen molar-refractivity contribution in [3.8, 4) is 5.88 Å². The van der Waals surface area contributed by atoms with Crippen LogP contribution in [0.4, 0.5) is 15.0 Å². The van der Waals surface area contributed by atoms with Crippen LogP contribution in [0.1, 0.15) is 5.56 Å². The maximum absolute atomic E-state index is 13.3. The molecule has 0 aliphatic heterocycles. The number of pyridine rings is 2. The van der Waals surface area contributed by atoms with Crippen molar-refractivity contribution < 1.29 is 13.9 Å². The summed E-state index contributed by atoms with van der Waals surface area (Å²) in [6.07, 6.45) is 2.97. The van der Waals surface area contributed by atoms with Crippen LogP contribution in [0.3, 0.4) is 0 Å². The number of ether oxygens (including phenoxy) is 1. The second kappa shape index (κ2) is 6.46. The molecule has 2 aromatic heterocycles. The summed E-state index contributed by atoms with van der Waals surface area (Å²) < 4.78 is 18.3. The topological polar surface area (TPSA) is 76.1 Å². The minimum Gasteiger partial charge on any atom is -0.481 e. The Hall–Kier alpha value is -2.70. The van der Waals surface area contributed by atoms with E-state index in [1.54, 1.807) is 18.3 Å². The lowest BCUT2D eigenvalue weighted by molar-refractivity contribution is 0.251. The quantitative estimate of drug-likeness (QED) is 0.894. The fourth-order valence-electron chi connectivity index (χ4n) is 1.48. The second-order valence-electron chi connectivity index (χ2n) is 3.85. The molecule has 20 heavy (non-hydrogen) atoms. The summed E-state index contributed by atoms with van der Waals surface area (Å²) in [5, 5.41) is 4.91. The predicted octanol–water partition coefficient (Wildman–Crippen LogP) is 1.95. The number of aromatic nitrogens is 2. The van der Waals surface area contributed by atoms with E-state index in [0.29, 0.717) is 5.88 Å². The van der Waals surface area contributed by atoms with E-state index in [2.05, 4.69) is 20.6 Å². The summed E-state index contributed by atoms with van der Waals surface area (Å²) in [5.41, 5.74) is 0.813. The van der Waals surface area contributed by atoms with Gasteiger partial charge in [0.2, 0.25) is 5.88 Å². The maximum Gasteiger partial charge on any atom is 0.320 e. The summed E-state index contributed by atoms with van der Waals surface area (Å²) in [6, 6.07) is 5.56. The van der Waals surface area contributed by atoms with Crippen LogP contribution >= 0.6 is 0 Å². The van der Waals surface area contributed by atoms with Crippen molar-refractivity contribution in [2.24, 2.45) is 0 Å². The van der Waals surface area contributed by atoms with Crippen molar-refractivity contribution >= 4 is 11.8 Å². The Morgan fingerprint density at radius 1 is 1.35 bits per heavy atom. The Balaban J connectivity index is 1.90. The van der Waals surface area contributed by atoms with Crippen molar-refractivity contribution in [1.29, 1.82) is 0 Å². The van der Waals surface area contributed by atoms with Gasteiger partial charge in [-0.1, -0.05) is 0 Å². The Labute approximate surface area is 115 Å². The summed E-state index contributed by atoms with van der Waals surface area (Å²) in [6.45, 7) is 0.263. The normalized spacial score (nSPS) is 9.90. The number of carbonyl (C=O) groups excluding carboxylic acids is 1. The van der Waals surface area contributed by atoms with Crippen molar-refractivity contribution in [2.75, 3.05) is 12.4 Å². The molecule has 6 nitrogen and oxygen atoms in total. The molecular weight excluding hydrogens is 263 g/mol.